The van der Waals surface area contributed by atoms with Crippen LogP contribution in [0.25, 0.3) is 33.5 Å². The second-order valence-corrected chi connectivity index (χ2v) is 4.45. The monoisotopic (exact) mass is 263 g/mol. The SMILES string of the molecule is O=c1[nH]c2ccnnc2nc1-c1cc2ccccc2[nH]1. The van der Waals surface area contributed by atoms with Crippen LogP contribution in [0.15, 0.2) is 47.4 Å². The van der Waals surface area contributed by atoms with E-state index in [1.807, 2.05) is 30.3 Å². The summed E-state index contributed by atoms with van der Waals surface area (Å²) in [5, 5.41) is 8.72. The first-order valence-corrected chi connectivity index (χ1v) is 6.11. The Morgan fingerprint density at radius 3 is 2.80 bits per heavy atom. The van der Waals surface area contributed by atoms with Crippen molar-refractivity contribution >= 4 is 22.1 Å². The third-order valence-electron chi connectivity index (χ3n) is 3.17. The molecule has 3 heterocycles. The Hall–Kier alpha value is -3.02. The van der Waals surface area contributed by atoms with Crippen LogP contribution in [0.2, 0.25) is 0 Å². The summed E-state index contributed by atoms with van der Waals surface area (Å²) < 4.78 is 0. The lowest BCUT2D eigenvalue weighted by Crippen LogP contribution is -2.12. The highest BCUT2D eigenvalue weighted by Gasteiger charge is 2.10. The topological polar surface area (TPSA) is 87.3 Å². The van der Waals surface area contributed by atoms with Crippen LogP contribution in [-0.2, 0) is 0 Å². The number of fused-ring (bicyclic) bond motifs is 2. The van der Waals surface area contributed by atoms with E-state index >= 15 is 0 Å². The summed E-state index contributed by atoms with van der Waals surface area (Å²) in [7, 11) is 0. The van der Waals surface area contributed by atoms with Gasteiger partial charge in [0, 0.05) is 10.9 Å². The molecule has 20 heavy (non-hydrogen) atoms. The summed E-state index contributed by atoms with van der Waals surface area (Å²) in [5.41, 5.74) is 2.68. The van der Waals surface area contributed by atoms with Gasteiger partial charge in [0.15, 0.2) is 11.3 Å². The van der Waals surface area contributed by atoms with Crippen LogP contribution in [0.4, 0.5) is 0 Å². The van der Waals surface area contributed by atoms with Crippen molar-refractivity contribution in [3.63, 3.8) is 0 Å². The van der Waals surface area contributed by atoms with Gasteiger partial charge in [-0.05, 0) is 18.2 Å². The zero-order valence-electron chi connectivity index (χ0n) is 10.3. The third kappa shape index (κ3) is 1.58. The van der Waals surface area contributed by atoms with Gasteiger partial charge in [0.2, 0.25) is 0 Å². The average molecular weight is 263 g/mol. The molecule has 0 saturated heterocycles. The highest BCUT2D eigenvalue weighted by molar-refractivity contribution is 5.85. The average Bonchev–Trinajstić information content (AvgIpc) is 2.90. The number of aromatic amines is 2. The maximum atomic E-state index is 12.1. The van der Waals surface area contributed by atoms with Crippen LogP contribution < -0.4 is 5.56 Å². The van der Waals surface area contributed by atoms with Crippen molar-refractivity contribution in [1.82, 2.24) is 25.1 Å². The summed E-state index contributed by atoms with van der Waals surface area (Å²) in [6.45, 7) is 0. The van der Waals surface area contributed by atoms with Gasteiger partial charge in [-0.2, -0.15) is 5.10 Å². The molecule has 0 spiro atoms. The molecule has 0 saturated carbocycles. The van der Waals surface area contributed by atoms with Crippen molar-refractivity contribution in [3.8, 4) is 11.4 Å². The number of aromatic nitrogens is 5. The Balaban J connectivity index is 2.01. The first-order valence-electron chi connectivity index (χ1n) is 6.11. The molecule has 96 valence electrons. The molecule has 0 atom stereocenters. The number of hydrogen-bond acceptors (Lipinski definition) is 4. The molecule has 3 aromatic heterocycles. The zero-order chi connectivity index (χ0) is 13.5. The standard InChI is InChI=1S/C14H9N5O/c20-14-12(18-13-10(17-14)5-6-15-19-13)11-7-8-3-1-2-4-9(8)16-11/h1-7,16H,(H,17,20). The normalized spacial score (nSPS) is 11.2. The number of nitrogens with zero attached hydrogens (tertiary/aromatic N) is 3. The van der Waals surface area contributed by atoms with E-state index in [-0.39, 0.29) is 5.56 Å². The fourth-order valence-corrected chi connectivity index (χ4v) is 2.23. The minimum atomic E-state index is -0.253. The van der Waals surface area contributed by atoms with Crippen molar-refractivity contribution in [2.75, 3.05) is 0 Å². The summed E-state index contributed by atoms with van der Waals surface area (Å²) >= 11 is 0. The lowest BCUT2D eigenvalue weighted by atomic mass is 10.2. The van der Waals surface area contributed by atoms with Gasteiger partial charge in [-0.15, -0.1) is 5.10 Å². The Morgan fingerprint density at radius 2 is 1.90 bits per heavy atom. The van der Waals surface area contributed by atoms with E-state index in [1.54, 1.807) is 6.07 Å². The van der Waals surface area contributed by atoms with Gasteiger partial charge in [0.25, 0.3) is 5.56 Å². The van der Waals surface area contributed by atoms with Crippen molar-refractivity contribution in [2.45, 2.75) is 0 Å². The maximum Gasteiger partial charge on any atom is 0.276 e. The first kappa shape index (κ1) is 10.9. The predicted molar refractivity (Wildman–Crippen MR) is 75.2 cm³/mol. The minimum Gasteiger partial charge on any atom is -0.353 e. The zero-order valence-corrected chi connectivity index (χ0v) is 10.3. The summed E-state index contributed by atoms with van der Waals surface area (Å²) in [5.74, 6) is 0. The maximum absolute atomic E-state index is 12.1. The number of nitrogens with one attached hydrogen (secondary N) is 2. The molecule has 2 N–H and O–H groups in total. The predicted octanol–water partition coefficient (Wildman–Crippen LogP) is 1.86. The van der Waals surface area contributed by atoms with E-state index in [2.05, 4.69) is 25.1 Å². The molecule has 0 aliphatic heterocycles. The molecule has 0 aliphatic rings. The first-order chi connectivity index (χ1) is 9.81. The highest BCUT2D eigenvalue weighted by Crippen LogP contribution is 2.20. The van der Waals surface area contributed by atoms with E-state index in [4.69, 9.17) is 0 Å². The quantitative estimate of drug-likeness (QED) is 0.548. The number of benzene rings is 1. The molecule has 6 heteroatoms. The molecule has 0 bridgehead atoms. The fraction of sp³-hybridized carbons (Fsp3) is 0. The fourth-order valence-electron chi connectivity index (χ4n) is 2.23. The second-order valence-electron chi connectivity index (χ2n) is 4.45. The van der Waals surface area contributed by atoms with Gasteiger partial charge >= 0.3 is 0 Å². The van der Waals surface area contributed by atoms with Crippen LogP contribution in [0, 0.1) is 0 Å². The Labute approximate surface area is 112 Å². The Morgan fingerprint density at radius 1 is 1.00 bits per heavy atom. The Kier molecular flexibility index (Phi) is 2.17. The molecule has 4 aromatic rings. The van der Waals surface area contributed by atoms with E-state index in [1.165, 1.54) is 6.20 Å². The van der Waals surface area contributed by atoms with E-state index in [0.29, 0.717) is 22.6 Å². The summed E-state index contributed by atoms with van der Waals surface area (Å²) in [6.07, 6.45) is 1.52. The summed E-state index contributed by atoms with van der Waals surface area (Å²) in [6, 6.07) is 11.4. The minimum absolute atomic E-state index is 0.253. The molecule has 0 amide bonds. The largest absolute Gasteiger partial charge is 0.353 e. The molecule has 0 radical (unpaired) electrons. The van der Waals surface area contributed by atoms with Gasteiger partial charge < -0.3 is 9.97 Å². The van der Waals surface area contributed by atoms with Gasteiger partial charge in [-0.1, -0.05) is 18.2 Å². The lowest BCUT2D eigenvalue weighted by Gasteiger charge is -1.98. The van der Waals surface area contributed by atoms with Gasteiger partial charge in [-0.3, -0.25) is 4.79 Å². The van der Waals surface area contributed by atoms with Crippen molar-refractivity contribution < 1.29 is 0 Å². The van der Waals surface area contributed by atoms with E-state index in [0.717, 1.165) is 10.9 Å². The molecule has 4 rings (SSSR count). The molecule has 1 aromatic carbocycles. The van der Waals surface area contributed by atoms with Crippen LogP contribution >= 0.6 is 0 Å². The van der Waals surface area contributed by atoms with Gasteiger partial charge in [0.05, 0.1) is 17.4 Å². The van der Waals surface area contributed by atoms with Crippen molar-refractivity contribution in [1.29, 1.82) is 0 Å². The highest BCUT2D eigenvalue weighted by atomic mass is 16.1. The third-order valence-corrected chi connectivity index (χ3v) is 3.17. The van der Waals surface area contributed by atoms with Crippen molar-refractivity contribution in [2.24, 2.45) is 0 Å². The molecule has 0 unspecified atom stereocenters. The molecule has 0 aliphatic carbocycles. The van der Waals surface area contributed by atoms with Gasteiger partial charge in [-0.25, -0.2) is 4.98 Å². The smallest absolute Gasteiger partial charge is 0.276 e. The Bertz CT molecular complexity index is 952. The van der Waals surface area contributed by atoms with Crippen LogP contribution in [0.3, 0.4) is 0 Å². The molecule has 0 fully saturated rings. The molecular formula is C14H9N5O. The van der Waals surface area contributed by atoms with Crippen LogP contribution in [-0.4, -0.2) is 25.1 Å². The van der Waals surface area contributed by atoms with Crippen molar-refractivity contribution in [3.05, 3.63) is 52.9 Å². The van der Waals surface area contributed by atoms with E-state index in [9.17, 15) is 4.79 Å². The molecular weight excluding hydrogens is 254 g/mol. The van der Waals surface area contributed by atoms with E-state index < -0.39 is 0 Å². The summed E-state index contributed by atoms with van der Waals surface area (Å²) in [4.78, 5) is 22.4. The second kappa shape index (κ2) is 3.99. The number of hydrogen-bond donors (Lipinski definition) is 2. The van der Waals surface area contributed by atoms with Gasteiger partial charge in [0.1, 0.15) is 0 Å². The number of H-pyrrole nitrogens is 2. The number of para-hydroxylation sites is 1. The lowest BCUT2D eigenvalue weighted by molar-refractivity contribution is 1.03. The van der Waals surface area contributed by atoms with Crippen LogP contribution in [0.1, 0.15) is 0 Å². The van der Waals surface area contributed by atoms with Crippen LogP contribution in [0.5, 0.6) is 0 Å². The number of rotatable bonds is 1. The molecule has 6 nitrogen and oxygen atoms in total.